The lowest BCUT2D eigenvalue weighted by Crippen LogP contribution is -2.43. The fourth-order valence-corrected chi connectivity index (χ4v) is 3.24. The molecule has 1 aliphatic heterocycles. The molecule has 3 nitrogen and oxygen atoms in total. The summed E-state index contributed by atoms with van der Waals surface area (Å²) in [5.74, 6) is -0.518. The van der Waals surface area contributed by atoms with E-state index in [4.69, 9.17) is 16.9 Å². The summed E-state index contributed by atoms with van der Waals surface area (Å²) in [5.41, 5.74) is 2.58. The zero-order valence-corrected chi connectivity index (χ0v) is 14.4. The fraction of sp³-hybridized carbons (Fsp3) is 0.316. The third-order valence-corrected chi connectivity index (χ3v) is 4.92. The van der Waals surface area contributed by atoms with Crippen LogP contribution in [0.1, 0.15) is 11.1 Å². The summed E-state index contributed by atoms with van der Waals surface area (Å²) in [6.07, 6.45) is 0. The van der Waals surface area contributed by atoms with Crippen LogP contribution in [-0.4, -0.2) is 43.0 Å². The van der Waals surface area contributed by atoms with Crippen molar-refractivity contribution in [1.29, 1.82) is 5.26 Å². The molecule has 0 saturated carbocycles. The van der Waals surface area contributed by atoms with Crippen molar-refractivity contribution >= 4 is 11.6 Å². The van der Waals surface area contributed by atoms with Gasteiger partial charge in [0.25, 0.3) is 0 Å². The van der Waals surface area contributed by atoms with Gasteiger partial charge in [-0.2, -0.15) is 5.26 Å². The van der Waals surface area contributed by atoms with Gasteiger partial charge in [0.15, 0.2) is 0 Å². The summed E-state index contributed by atoms with van der Waals surface area (Å²) in [5, 5.41) is 9.51. The maximum Gasteiger partial charge on any atom is 0.141 e. The highest BCUT2D eigenvalue weighted by molar-refractivity contribution is 6.34. The zero-order chi connectivity index (χ0) is 17.1. The van der Waals surface area contributed by atoms with Gasteiger partial charge in [-0.3, -0.25) is 4.90 Å². The Morgan fingerprint density at radius 1 is 1.17 bits per heavy atom. The van der Waals surface area contributed by atoms with Crippen molar-refractivity contribution in [2.75, 3.05) is 33.2 Å². The minimum atomic E-state index is -0.518. The predicted octanol–water partition coefficient (Wildman–Crippen LogP) is 3.77. The number of likely N-dealkylation sites (N-methyl/N-ethyl adjacent to an activating group) is 1. The molecule has 1 fully saturated rings. The molecular formula is C19H19ClFN3. The van der Waals surface area contributed by atoms with Gasteiger partial charge in [-0.05, 0) is 30.3 Å². The minimum absolute atomic E-state index is 0.0449. The molecule has 3 rings (SSSR count). The van der Waals surface area contributed by atoms with Gasteiger partial charge in [0.2, 0.25) is 0 Å². The number of hydrogen-bond donors (Lipinski definition) is 0. The normalized spacial score (nSPS) is 16.1. The molecule has 0 unspecified atom stereocenters. The highest BCUT2D eigenvalue weighted by Crippen LogP contribution is 2.32. The molecule has 2 aromatic rings. The molecule has 0 aromatic heterocycles. The molecule has 5 heteroatoms. The van der Waals surface area contributed by atoms with E-state index in [9.17, 15) is 4.39 Å². The van der Waals surface area contributed by atoms with E-state index in [2.05, 4.69) is 16.8 Å². The van der Waals surface area contributed by atoms with Crippen molar-refractivity contribution in [2.45, 2.75) is 6.54 Å². The smallest absolute Gasteiger partial charge is 0.141 e. The Bertz CT molecular complexity index is 777. The Hall–Kier alpha value is -1.93. The molecule has 124 valence electrons. The number of hydrogen-bond acceptors (Lipinski definition) is 3. The highest BCUT2D eigenvalue weighted by Gasteiger charge is 2.17. The number of nitrogens with zero attached hydrogens (tertiary/aromatic N) is 3. The Balaban J connectivity index is 1.86. The van der Waals surface area contributed by atoms with Gasteiger partial charge in [0.1, 0.15) is 11.9 Å². The molecule has 0 aliphatic carbocycles. The molecule has 1 saturated heterocycles. The standard InChI is InChI=1S/C19H19ClFN3/c1-23-7-9-24(10-8-23)13-16-3-2-4-17(19(16)20)14-5-6-15(12-22)18(21)11-14/h2-6,11H,7-10,13H2,1H3. The maximum absolute atomic E-state index is 13.9. The summed E-state index contributed by atoms with van der Waals surface area (Å²) in [6.45, 7) is 4.93. The van der Waals surface area contributed by atoms with E-state index < -0.39 is 5.82 Å². The monoisotopic (exact) mass is 343 g/mol. The first-order valence-corrected chi connectivity index (χ1v) is 8.34. The Morgan fingerprint density at radius 2 is 1.92 bits per heavy atom. The zero-order valence-electron chi connectivity index (χ0n) is 13.6. The predicted molar refractivity (Wildman–Crippen MR) is 94.3 cm³/mol. The van der Waals surface area contributed by atoms with Gasteiger partial charge in [-0.25, -0.2) is 4.39 Å². The van der Waals surface area contributed by atoms with Crippen molar-refractivity contribution in [2.24, 2.45) is 0 Å². The first-order chi connectivity index (χ1) is 11.6. The Morgan fingerprint density at radius 3 is 2.58 bits per heavy atom. The van der Waals surface area contributed by atoms with Crippen LogP contribution in [0.3, 0.4) is 0 Å². The van der Waals surface area contributed by atoms with Crippen LogP contribution >= 0.6 is 11.6 Å². The second-order valence-electron chi connectivity index (χ2n) is 6.16. The van der Waals surface area contributed by atoms with Crippen molar-refractivity contribution in [3.63, 3.8) is 0 Å². The fourth-order valence-electron chi connectivity index (χ4n) is 2.95. The number of nitriles is 1. The van der Waals surface area contributed by atoms with E-state index >= 15 is 0 Å². The van der Waals surface area contributed by atoms with E-state index in [-0.39, 0.29) is 5.56 Å². The maximum atomic E-state index is 13.9. The van der Waals surface area contributed by atoms with E-state index in [0.717, 1.165) is 43.9 Å². The molecule has 2 aromatic carbocycles. The third kappa shape index (κ3) is 3.59. The average molecular weight is 344 g/mol. The summed E-state index contributed by atoms with van der Waals surface area (Å²) in [4.78, 5) is 4.69. The quantitative estimate of drug-likeness (QED) is 0.850. The van der Waals surface area contributed by atoms with Crippen LogP contribution in [0.25, 0.3) is 11.1 Å². The second kappa shape index (κ2) is 7.31. The van der Waals surface area contributed by atoms with Gasteiger partial charge in [0.05, 0.1) is 10.6 Å². The molecule has 0 radical (unpaired) electrons. The van der Waals surface area contributed by atoms with E-state index in [1.54, 1.807) is 6.07 Å². The SMILES string of the molecule is CN1CCN(Cc2cccc(-c3ccc(C#N)c(F)c3)c2Cl)CC1. The lowest BCUT2D eigenvalue weighted by Gasteiger charge is -2.32. The average Bonchev–Trinajstić information content (AvgIpc) is 2.58. The molecule has 0 atom stereocenters. The highest BCUT2D eigenvalue weighted by atomic mass is 35.5. The van der Waals surface area contributed by atoms with Gasteiger partial charge < -0.3 is 4.90 Å². The van der Waals surface area contributed by atoms with Crippen LogP contribution in [0.2, 0.25) is 5.02 Å². The molecule has 24 heavy (non-hydrogen) atoms. The molecule has 0 bridgehead atoms. The van der Waals surface area contributed by atoms with Gasteiger partial charge in [-0.1, -0.05) is 35.9 Å². The van der Waals surface area contributed by atoms with Gasteiger partial charge in [-0.15, -0.1) is 0 Å². The van der Waals surface area contributed by atoms with Crippen LogP contribution in [0.15, 0.2) is 36.4 Å². The van der Waals surface area contributed by atoms with Crippen LogP contribution in [0, 0.1) is 17.1 Å². The molecule has 0 spiro atoms. The third-order valence-electron chi connectivity index (χ3n) is 4.47. The first kappa shape index (κ1) is 16.9. The number of benzene rings is 2. The van der Waals surface area contributed by atoms with Gasteiger partial charge >= 0.3 is 0 Å². The summed E-state index contributed by atoms with van der Waals surface area (Å²) in [6, 6.07) is 12.3. The first-order valence-electron chi connectivity index (χ1n) is 7.97. The van der Waals surface area contributed by atoms with Crippen LogP contribution in [0.4, 0.5) is 4.39 Å². The van der Waals surface area contributed by atoms with E-state index in [1.165, 1.54) is 12.1 Å². The number of piperazine rings is 1. The summed E-state index contributed by atoms with van der Waals surface area (Å²) in [7, 11) is 2.13. The Labute approximate surface area is 146 Å². The van der Waals surface area contributed by atoms with Crippen LogP contribution < -0.4 is 0 Å². The lowest BCUT2D eigenvalue weighted by molar-refractivity contribution is 0.148. The summed E-state index contributed by atoms with van der Waals surface area (Å²) >= 11 is 6.59. The molecule has 0 amide bonds. The van der Waals surface area contributed by atoms with Crippen molar-refractivity contribution in [3.8, 4) is 17.2 Å². The minimum Gasteiger partial charge on any atom is -0.304 e. The Kier molecular flexibility index (Phi) is 5.15. The molecule has 1 aliphatic rings. The molecular weight excluding hydrogens is 325 g/mol. The van der Waals surface area contributed by atoms with E-state index in [0.29, 0.717) is 10.6 Å². The molecule has 0 N–H and O–H groups in total. The molecule has 1 heterocycles. The summed E-state index contributed by atoms with van der Waals surface area (Å²) < 4.78 is 13.9. The largest absolute Gasteiger partial charge is 0.304 e. The number of halogens is 2. The lowest BCUT2D eigenvalue weighted by atomic mass is 10.0. The van der Waals surface area contributed by atoms with Crippen LogP contribution in [0.5, 0.6) is 0 Å². The van der Waals surface area contributed by atoms with Crippen molar-refractivity contribution in [3.05, 3.63) is 58.4 Å². The van der Waals surface area contributed by atoms with Crippen LogP contribution in [-0.2, 0) is 6.54 Å². The topological polar surface area (TPSA) is 30.3 Å². The van der Waals surface area contributed by atoms with Crippen molar-refractivity contribution in [1.82, 2.24) is 9.80 Å². The second-order valence-corrected chi connectivity index (χ2v) is 6.54. The van der Waals surface area contributed by atoms with Crippen molar-refractivity contribution < 1.29 is 4.39 Å². The van der Waals surface area contributed by atoms with E-state index in [1.807, 2.05) is 24.3 Å². The van der Waals surface area contributed by atoms with Gasteiger partial charge in [0, 0.05) is 38.3 Å². The number of rotatable bonds is 3.